The molecular weight excluding hydrogens is 334 g/mol. The van der Waals surface area contributed by atoms with Gasteiger partial charge in [-0.1, -0.05) is 6.42 Å². The van der Waals surface area contributed by atoms with E-state index in [4.69, 9.17) is 10.5 Å². The van der Waals surface area contributed by atoms with Crippen LogP contribution in [-0.4, -0.2) is 57.8 Å². The quantitative estimate of drug-likeness (QED) is 0.830. The molecule has 1 saturated heterocycles. The molecule has 1 aliphatic carbocycles. The highest BCUT2D eigenvalue weighted by Crippen LogP contribution is 2.24. The second-order valence-corrected chi connectivity index (χ2v) is 7.60. The van der Waals surface area contributed by atoms with Crippen LogP contribution in [0.2, 0.25) is 0 Å². The van der Waals surface area contributed by atoms with Crippen molar-refractivity contribution in [2.24, 2.45) is 11.7 Å². The molecule has 1 aromatic rings. The first-order chi connectivity index (χ1) is 12.4. The molecular formula is C18H29N5O3. The Bertz CT molecular complexity index is 637. The number of carbonyl (C=O) groups excluding carboxylic acids is 2. The Morgan fingerprint density at radius 2 is 2.04 bits per heavy atom. The fourth-order valence-corrected chi connectivity index (χ4v) is 3.84. The summed E-state index contributed by atoms with van der Waals surface area (Å²) >= 11 is 0. The molecule has 8 heteroatoms. The molecule has 3 N–H and O–H groups in total. The van der Waals surface area contributed by atoms with Gasteiger partial charge in [0.05, 0.1) is 24.1 Å². The van der Waals surface area contributed by atoms with Crippen LogP contribution < -0.4 is 11.1 Å². The maximum absolute atomic E-state index is 12.5. The number of morpholine rings is 1. The summed E-state index contributed by atoms with van der Waals surface area (Å²) in [5, 5.41) is 7.10. The molecule has 4 atom stereocenters. The predicted molar refractivity (Wildman–Crippen MR) is 97.4 cm³/mol. The van der Waals surface area contributed by atoms with E-state index < -0.39 is 0 Å². The Balaban J connectivity index is 1.52. The van der Waals surface area contributed by atoms with E-state index in [0.717, 1.165) is 25.7 Å². The monoisotopic (exact) mass is 363 g/mol. The SMILES string of the molecule is CC1CN(C(=O)Cn2cc(NC(=O)C3CCCC(N)C3)cn2)CC(C)O1. The van der Waals surface area contributed by atoms with E-state index in [0.29, 0.717) is 18.8 Å². The van der Waals surface area contributed by atoms with Crippen molar-refractivity contribution in [3.63, 3.8) is 0 Å². The van der Waals surface area contributed by atoms with Crippen molar-refractivity contribution in [3.05, 3.63) is 12.4 Å². The molecule has 26 heavy (non-hydrogen) atoms. The lowest BCUT2D eigenvalue weighted by Crippen LogP contribution is -2.49. The van der Waals surface area contributed by atoms with E-state index in [1.807, 2.05) is 18.7 Å². The zero-order valence-corrected chi connectivity index (χ0v) is 15.6. The van der Waals surface area contributed by atoms with Crippen molar-refractivity contribution in [2.75, 3.05) is 18.4 Å². The molecule has 0 spiro atoms. The average molecular weight is 363 g/mol. The largest absolute Gasteiger partial charge is 0.372 e. The third-order valence-electron chi connectivity index (χ3n) is 5.06. The number of ether oxygens (including phenoxy) is 1. The second kappa shape index (κ2) is 8.18. The van der Waals surface area contributed by atoms with Gasteiger partial charge in [0.2, 0.25) is 11.8 Å². The number of nitrogens with one attached hydrogen (secondary N) is 1. The second-order valence-electron chi connectivity index (χ2n) is 7.60. The number of anilines is 1. The number of hydrogen-bond donors (Lipinski definition) is 2. The summed E-state index contributed by atoms with van der Waals surface area (Å²) in [7, 11) is 0. The highest BCUT2D eigenvalue weighted by Gasteiger charge is 2.27. The lowest BCUT2D eigenvalue weighted by Gasteiger charge is -2.35. The van der Waals surface area contributed by atoms with Crippen molar-refractivity contribution >= 4 is 17.5 Å². The molecule has 2 fully saturated rings. The maximum atomic E-state index is 12.5. The van der Waals surface area contributed by atoms with E-state index in [2.05, 4.69) is 10.4 Å². The summed E-state index contributed by atoms with van der Waals surface area (Å²) in [4.78, 5) is 26.7. The van der Waals surface area contributed by atoms with E-state index in [-0.39, 0.29) is 42.5 Å². The van der Waals surface area contributed by atoms with E-state index >= 15 is 0 Å². The Morgan fingerprint density at radius 3 is 2.73 bits per heavy atom. The van der Waals surface area contributed by atoms with E-state index in [9.17, 15) is 9.59 Å². The van der Waals surface area contributed by atoms with Crippen LogP contribution in [0.5, 0.6) is 0 Å². The average Bonchev–Trinajstić information content (AvgIpc) is 3.00. The molecule has 8 nitrogen and oxygen atoms in total. The van der Waals surface area contributed by atoms with Gasteiger partial charge in [-0.05, 0) is 33.1 Å². The molecule has 1 aliphatic heterocycles. The number of nitrogens with two attached hydrogens (primary N) is 1. The van der Waals surface area contributed by atoms with Crippen molar-refractivity contribution in [2.45, 2.75) is 64.3 Å². The summed E-state index contributed by atoms with van der Waals surface area (Å²) < 4.78 is 7.22. The van der Waals surface area contributed by atoms with Crippen molar-refractivity contribution < 1.29 is 14.3 Å². The first-order valence-corrected chi connectivity index (χ1v) is 9.43. The fraction of sp³-hybridized carbons (Fsp3) is 0.722. The molecule has 144 valence electrons. The standard InChI is InChI=1S/C18H29N5O3/c1-12-8-22(9-13(2)26-12)17(24)11-23-10-16(7-20-23)21-18(25)14-4-3-5-15(19)6-14/h7,10,12-15H,3-6,8-9,11,19H2,1-2H3,(H,21,25). The molecule has 0 radical (unpaired) electrons. The number of hydrogen-bond acceptors (Lipinski definition) is 5. The van der Waals surface area contributed by atoms with Gasteiger partial charge in [-0.15, -0.1) is 0 Å². The van der Waals surface area contributed by atoms with Crippen LogP contribution in [0.25, 0.3) is 0 Å². The predicted octanol–water partition coefficient (Wildman–Crippen LogP) is 0.975. The van der Waals surface area contributed by atoms with Gasteiger partial charge in [0.1, 0.15) is 6.54 Å². The fourth-order valence-electron chi connectivity index (χ4n) is 3.84. The summed E-state index contributed by atoms with van der Waals surface area (Å²) in [6.45, 7) is 5.28. The number of aromatic nitrogens is 2. The third-order valence-corrected chi connectivity index (χ3v) is 5.06. The Kier molecular flexibility index (Phi) is 5.93. The smallest absolute Gasteiger partial charge is 0.244 e. The number of nitrogens with zero attached hydrogens (tertiary/aromatic N) is 3. The summed E-state index contributed by atoms with van der Waals surface area (Å²) in [6.07, 6.45) is 6.94. The topological polar surface area (TPSA) is 102 Å². The van der Waals surface area contributed by atoms with Gasteiger partial charge in [0.15, 0.2) is 0 Å². The van der Waals surface area contributed by atoms with Crippen molar-refractivity contribution in [1.29, 1.82) is 0 Å². The normalized spacial score (nSPS) is 29.4. The molecule has 0 bridgehead atoms. The minimum atomic E-state index is -0.0416. The van der Waals surface area contributed by atoms with Crippen molar-refractivity contribution in [1.82, 2.24) is 14.7 Å². The Morgan fingerprint density at radius 1 is 1.31 bits per heavy atom. The van der Waals surface area contributed by atoms with Gasteiger partial charge in [0.25, 0.3) is 0 Å². The number of amides is 2. The van der Waals surface area contributed by atoms with Crippen LogP contribution in [0.1, 0.15) is 39.5 Å². The summed E-state index contributed by atoms with van der Waals surface area (Å²) in [5.74, 6) is -0.0480. The van der Waals surface area contributed by atoms with Crippen LogP contribution in [0.3, 0.4) is 0 Å². The summed E-state index contributed by atoms with van der Waals surface area (Å²) in [6, 6.07) is 0.109. The highest BCUT2D eigenvalue weighted by molar-refractivity contribution is 5.92. The molecule has 1 aromatic heterocycles. The first-order valence-electron chi connectivity index (χ1n) is 9.43. The highest BCUT2D eigenvalue weighted by atomic mass is 16.5. The van der Waals surface area contributed by atoms with Crippen LogP contribution in [0.4, 0.5) is 5.69 Å². The third kappa shape index (κ3) is 4.82. The van der Waals surface area contributed by atoms with Gasteiger partial charge in [0, 0.05) is 31.2 Å². The maximum Gasteiger partial charge on any atom is 0.244 e. The van der Waals surface area contributed by atoms with Crippen LogP contribution >= 0.6 is 0 Å². The van der Waals surface area contributed by atoms with Crippen LogP contribution in [-0.2, 0) is 20.9 Å². The molecule has 2 aliphatic rings. The van der Waals surface area contributed by atoms with Gasteiger partial charge in [-0.3, -0.25) is 14.3 Å². The molecule has 4 unspecified atom stereocenters. The zero-order chi connectivity index (χ0) is 18.7. The first kappa shape index (κ1) is 18.8. The van der Waals surface area contributed by atoms with Crippen LogP contribution in [0, 0.1) is 5.92 Å². The molecule has 0 aromatic carbocycles. The van der Waals surface area contributed by atoms with Gasteiger partial charge < -0.3 is 20.7 Å². The minimum Gasteiger partial charge on any atom is -0.372 e. The zero-order valence-electron chi connectivity index (χ0n) is 15.6. The molecule has 2 heterocycles. The van der Waals surface area contributed by atoms with Gasteiger partial charge in [-0.25, -0.2) is 0 Å². The van der Waals surface area contributed by atoms with E-state index in [1.54, 1.807) is 17.1 Å². The molecule has 1 saturated carbocycles. The minimum absolute atomic E-state index is 0.00577. The van der Waals surface area contributed by atoms with E-state index in [1.165, 1.54) is 0 Å². The van der Waals surface area contributed by atoms with Gasteiger partial charge in [-0.2, -0.15) is 5.10 Å². The molecule has 2 amide bonds. The Hall–Kier alpha value is -1.93. The lowest BCUT2D eigenvalue weighted by molar-refractivity contribution is -0.144. The lowest BCUT2D eigenvalue weighted by atomic mass is 9.85. The van der Waals surface area contributed by atoms with Crippen LogP contribution in [0.15, 0.2) is 12.4 Å². The van der Waals surface area contributed by atoms with Gasteiger partial charge >= 0.3 is 0 Å². The molecule has 3 rings (SSSR count). The number of carbonyl (C=O) groups is 2. The summed E-state index contributed by atoms with van der Waals surface area (Å²) in [5.41, 5.74) is 6.57. The van der Waals surface area contributed by atoms with Crippen molar-refractivity contribution in [3.8, 4) is 0 Å². The number of rotatable bonds is 4. The Labute approximate surface area is 154 Å².